The molecule has 2 heterocycles. The van der Waals surface area contributed by atoms with Crippen LogP contribution >= 0.6 is 11.6 Å². The van der Waals surface area contributed by atoms with E-state index in [0.717, 1.165) is 4.31 Å². The number of aryl methyl sites for hydroxylation is 1. The predicted molar refractivity (Wildman–Crippen MR) is 61.2 cm³/mol. The summed E-state index contributed by atoms with van der Waals surface area (Å²) in [5.41, 5.74) is 0. The molecule has 0 unspecified atom stereocenters. The van der Waals surface area contributed by atoms with Gasteiger partial charge in [0.25, 0.3) is 10.0 Å². The van der Waals surface area contributed by atoms with Gasteiger partial charge in [0.05, 0.1) is 17.8 Å². The second-order valence-corrected chi connectivity index (χ2v) is 6.16. The first-order valence-corrected chi connectivity index (χ1v) is 6.94. The summed E-state index contributed by atoms with van der Waals surface area (Å²) < 4.78 is 26.9. The molecule has 0 bridgehead atoms. The topological polar surface area (TPSA) is 72.3 Å². The van der Waals surface area contributed by atoms with E-state index >= 15 is 0 Å². The van der Waals surface area contributed by atoms with Crippen molar-refractivity contribution in [1.29, 1.82) is 0 Å². The van der Waals surface area contributed by atoms with Crippen LogP contribution in [0.1, 0.15) is 12.8 Å². The van der Waals surface area contributed by atoms with Gasteiger partial charge >= 0.3 is 0 Å². The summed E-state index contributed by atoms with van der Waals surface area (Å²) in [4.78, 5) is 11.3. The Morgan fingerprint density at radius 1 is 1.47 bits per heavy atom. The molecule has 0 amide bonds. The lowest BCUT2D eigenvalue weighted by atomic mass is 10.1. The van der Waals surface area contributed by atoms with Crippen molar-refractivity contribution in [2.75, 3.05) is 13.1 Å². The summed E-state index contributed by atoms with van der Waals surface area (Å²) in [5, 5.41) is 3.80. The summed E-state index contributed by atoms with van der Waals surface area (Å²) in [6, 6.07) is 0. The number of carbonyl (C=O) groups excluding carboxylic acids is 1. The Labute approximate surface area is 104 Å². The lowest BCUT2D eigenvalue weighted by Gasteiger charge is -2.24. The van der Waals surface area contributed by atoms with E-state index in [0.29, 0.717) is 19.4 Å². The van der Waals surface area contributed by atoms with Crippen LogP contribution < -0.4 is 0 Å². The molecule has 94 valence electrons. The molecule has 6 nitrogen and oxygen atoms in total. The van der Waals surface area contributed by atoms with Crippen LogP contribution in [0.5, 0.6) is 0 Å². The fraction of sp³-hybridized carbons (Fsp3) is 0.556. The second kappa shape index (κ2) is 4.40. The SMILES string of the molecule is Cn1ncc(Cl)c1S(=O)(=O)N1CCCC(=O)C1. The van der Waals surface area contributed by atoms with Gasteiger partial charge in [-0.2, -0.15) is 9.40 Å². The third kappa shape index (κ3) is 2.22. The van der Waals surface area contributed by atoms with Crippen molar-refractivity contribution in [2.24, 2.45) is 7.05 Å². The number of hydrogen-bond acceptors (Lipinski definition) is 4. The van der Waals surface area contributed by atoms with Gasteiger partial charge in [0, 0.05) is 20.0 Å². The maximum Gasteiger partial charge on any atom is 0.262 e. The zero-order valence-electron chi connectivity index (χ0n) is 9.26. The highest BCUT2D eigenvalue weighted by Gasteiger charge is 2.33. The Kier molecular flexibility index (Phi) is 3.24. The molecular formula is C9H12ClN3O3S. The van der Waals surface area contributed by atoms with Gasteiger partial charge in [-0.15, -0.1) is 0 Å². The van der Waals surface area contributed by atoms with E-state index < -0.39 is 10.0 Å². The van der Waals surface area contributed by atoms with Crippen molar-refractivity contribution < 1.29 is 13.2 Å². The summed E-state index contributed by atoms with van der Waals surface area (Å²) in [5.74, 6) is -0.0712. The molecule has 0 radical (unpaired) electrons. The molecule has 1 aliphatic rings. The number of piperidine rings is 1. The number of aromatic nitrogens is 2. The van der Waals surface area contributed by atoms with Crippen LogP contribution in [0.15, 0.2) is 11.2 Å². The first-order chi connectivity index (χ1) is 7.93. The van der Waals surface area contributed by atoms with Crippen molar-refractivity contribution >= 4 is 27.4 Å². The minimum absolute atomic E-state index is 0.0612. The normalized spacial score (nSPS) is 18.6. The molecule has 0 N–H and O–H groups in total. The molecule has 0 aromatic carbocycles. The number of sulfonamides is 1. The second-order valence-electron chi connectivity index (χ2n) is 3.90. The summed E-state index contributed by atoms with van der Waals surface area (Å²) in [6.07, 6.45) is 2.26. The van der Waals surface area contributed by atoms with Gasteiger partial charge in [-0.05, 0) is 6.42 Å². The average molecular weight is 278 g/mol. The van der Waals surface area contributed by atoms with E-state index in [1.807, 2.05) is 0 Å². The molecule has 8 heteroatoms. The number of carbonyl (C=O) groups is 1. The zero-order chi connectivity index (χ0) is 12.6. The third-order valence-electron chi connectivity index (χ3n) is 2.64. The number of Topliss-reactive ketones (excluding diaryl/α,β-unsaturated/α-hetero) is 1. The summed E-state index contributed by atoms with van der Waals surface area (Å²) in [6.45, 7) is 0.263. The van der Waals surface area contributed by atoms with Crippen LogP contribution in [0.4, 0.5) is 0 Å². The number of halogens is 1. The van der Waals surface area contributed by atoms with Crippen molar-refractivity contribution in [3.8, 4) is 0 Å². The van der Waals surface area contributed by atoms with Crippen LogP contribution in [0.3, 0.4) is 0 Å². The number of hydrogen-bond donors (Lipinski definition) is 0. The third-order valence-corrected chi connectivity index (χ3v) is 5.00. The maximum atomic E-state index is 12.3. The van der Waals surface area contributed by atoms with E-state index in [1.54, 1.807) is 0 Å². The van der Waals surface area contributed by atoms with Gasteiger partial charge < -0.3 is 0 Å². The van der Waals surface area contributed by atoms with E-state index in [1.165, 1.54) is 17.9 Å². The zero-order valence-corrected chi connectivity index (χ0v) is 10.8. The highest BCUT2D eigenvalue weighted by atomic mass is 35.5. The maximum absolute atomic E-state index is 12.3. The van der Waals surface area contributed by atoms with Gasteiger partial charge in [-0.3, -0.25) is 9.48 Å². The van der Waals surface area contributed by atoms with Crippen LogP contribution in [0.2, 0.25) is 5.02 Å². The number of ketones is 1. The Morgan fingerprint density at radius 3 is 2.71 bits per heavy atom. The molecule has 0 spiro atoms. The predicted octanol–water partition coefficient (Wildman–Crippen LogP) is 0.427. The Morgan fingerprint density at radius 2 is 2.18 bits per heavy atom. The monoisotopic (exact) mass is 277 g/mol. The highest BCUT2D eigenvalue weighted by Crippen LogP contribution is 2.25. The van der Waals surface area contributed by atoms with Crippen LogP contribution in [0, 0.1) is 0 Å². The van der Waals surface area contributed by atoms with Crippen molar-refractivity contribution in [3.63, 3.8) is 0 Å². The standard InChI is InChI=1S/C9H12ClN3O3S/c1-12-9(8(10)5-11-12)17(15,16)13-4-2-3-7(14)6-13/h5H,2-4,6H2,1H3. The van der Waals surface area contributed by atoms with Gasteiger partial charge in [0.2, 0.25) is 0 Å². The molecule has 1 aliphatic heterocycles. The van der Waals surface area contributed by atoms with Crippen LogP contribution in [0.25, 0.3) is 0 Å². The highest BCUT2D eigenvalue weighted by molar-refractivity contribution is 7.89. The minimum atomic E-state index is -3.73. The first-order valence-electron chi connectivity index (χ1n) is 5.12. The van der Waals surface area contributed by atoms with Crippen molar-refractivity contribution in [1.82, 2.24) is 14.1 Å². The fourth-order valence-corrected chi connectivity index (χ4v) is 3.89. The van der Waals surface area contributed by atoms with E-state index in [-0.39, 0.29) is 22.4 Å². The van der Waals surface area contributed by atoms with Gasteiger partial charge in [0.15, 0.2) is 5.03 Å². The molecule has 0 aliphatic carbocycles. The van der Waals surface area contributed by atoms with E-state index in [4.69, 9.17) is 11.6 Å². The van der Waals surface area contributed by atoms with E-state index in [2.05, 4.69) is 5.10 Å². The molecule has 1 aromatic rings. The smallest absolute Gasteiger partial charge is 0.262 e. The number of rotatable bonds is 2. The Balaban J connectivity index is 2.40. The quantitative estimate of drug-likeness (QED) is 0.786. The summed E-state index contributed by atoms with van der Waals surface area (Å²) >= 11 is 5.81. The van der Waals surface area contributed by atoms with Gasteiger partial charge in [-0.1, -0.05) is 11.6 Å². The first kappa shape index (κ1) is 12.5. The van der Waals surface area contributed by atoms with Crippen molar-refractivity contribution in [2.45, 2.75) is 17.9 Å². The molecular weight excluding hydrogens is 266 g/mol. The van der Waals surface area contributed by atoms with Gasteiger partial charge in [0.1, 0.15) is 5.78 Å². The lowest BCUT2D eigenvalue weighted by Crippen LogP contribution is -2.40. The lowest BCUT2D eigenvalue weighted by molar-refractivity contribution is -0.120. The molecule has 0 saturated carbocycles. The minimum Gasteiger partial charge on any atom is -0.298 e. The van der Waals surface area contributed by atoms with Crippen molar-refractivity contribution in [3.05, 3.63) is 11.2 Å². The van der Waals surface area contributed by atoms with Gasteiger partial charge in [-0.25, -0.2) is 8.42 Å². The average Bonchev–Trinajstić information content (AvgIpc) is 2.59. The van der Waals surface area contributed by atoms with Crippen LogP contribution in [-0.4, -0.2) is 41.4 Å². The van der Waals surface area contributed by atoms with E-state index in [9.17, 15) is 13.2 Å². The molecule has 17 heavy (non-hydrogen) atoms. The molecule has 1 fully saturated rings. The molecule has 1 saturated heterocycles. The molecule has 1 aromatic heterocycles. The Bertz CT molecular complexity index is 532. The number of nitrogens with zero attached hydrogens (tertiary/aromatic N) is 3. The molecule has 0 atom stereocenters. The van der Waals surface area contributed by atoms with Crippen LogP contribution in [-0.2, 0) is 21.9 Å². The Hall–Kier alpha value is -0.920. The largest absolute Gasteiger partial charge is 0.298 e. The fourth-order valence-electron chi connectivity index (χ4n) is 1.82. The molecule has 2 rings (SSSR count). The summed E-state index contributed by atoms with van der Waals surface area (Å²) in [7, 11) is -2.23.